The van der Waals surface area contributed by atoms with Gasteiger partial charge in [-0.05, 0) is 12.8 Å². The summed E-state index contributed by atoms with van der Waals surface area (Å²) in [5.74, 6) is -1.16. The molecule has 0 fully saturated rings. The number of carbonyl (C=O) groups excluding carboxylic acids is 1. The summed E-state index contributed by atoms with van der Waals surface area (Å²) in [5.41, 5.74) is 0. The third kappa shape index (κ3) is 5.11. The molecule has 0 radical (unpaired) electrons. The van der Waals surface area contributed by atoms with Gasteiger partial charge in [-0.3, -0.25) is 9.59 Å². The Bertz CT molecular complexity index is 226. The zero-order valence-electron chi connectivity index (χ0n) is 9.98. The first-order valence-corrected chi connectivity index (χ1v) is 5.68. The largest absolute Gasteiger partial charge is 0.481 e. The second-order valence-electron chi connectivity index (χ2n) is 3.67. The lowest BCUT2D eigenvalue weighted by Crippen LogP contribution is -2.41. The average molecular weight is 231 g/mol. The first kappa shape index (κ1) is 14.9. The van der Waals surface area contributed by atoms with Gasteiger partial charge in [0, 0.05) is 19.0 Å². The molecular formula is C11H21NO4. The highest BCUT2D eigenvalue weighted by Crippen LogP contribution is 2.10. The van der Waals surface area contributed by atoms with Crippen molar-refractivity contribution in [3.05, 3.63) is 0 Å². The van der Waals surface area contributed by atoms with E-state index in [1.165, 1.54) is 0 Å². The van der Waals surface area contributed by atoms with E-state index in [9.17, 15) is 9.59 Å². The summed E-state index contributed by atoms with van der Waals surface area (Å²) >= 11 is 0. The molecule has 0 aromatic rings. The predicted molar refractivity (Wildman–Crippen MR) is 60.0 cm³/mol. The highest BCUT2D eigenvalue weighted by atomic mass is 16.4. The van der Waals surface area contributed by atoms with Crippen LogP contribution in [0.1, 0.15) is 39.5 Å². The van der Waals surface area contributed by atoms with Crippen molar-refractivity contribution in [2.45, 2.75) is 45.6 Å². The van der Waals surface area contributed by atoms with Gasteiger partial charge in [-0.1, -0.05) is 13.8 Å². The summed E-state index contributed by atoms with van der Waals surface area (Å²) in [6.07, 6.45) is 1.48. The SMILES string of the molecule is CCC(CC)N(CCO)C(=O)CCC(=O)O. The standard InChI is InChI=1S/C11H21NO4/c1-3-9(4-2)12(7-8-13)10(14)5-6-11(15)16/h9,13H,3-8H2,1-2H3,(H,15,16). The molecule has 0 heterocycles. The van der Waals surface area contributed by atoms with Crippen molar-refractivity contribution in [1.29, 1.82) is 0 Å². The summed E-state index contributed by atoms with van der Waals surface area (Å²) in [6, 6.07) is 0.0912. The zero-order chi connectivity index (χ0) is 12.6. The smallest absolute Gasteiger partial charge is 0.303 e. The topological polar surface area (TPSA) is 77.8 Å². The van der Waals surface area contributed by atoms with Crippen LogP contribution >= 0.6 is 0 Å². The van der Waals surface area contributed by atoms with Crippen LogP contribution in [-0.4, -0.2) is 46.2 Å². The fourth-order valence-electron chi connectivity index (χ4n) is 1.71. The minimum absolute atomic E-state index is 0.00579. The maximum atomic E-state index is 11.7. The lowest BCUT2D eigenvalue weighted by molar-refractivity contribution is -0.142. The molecule has 0 rings (SSSR count). The number of aliphatic hydroxyl groups excluding tert-OH is 1. The molecule has 0 atom stereocenters. The first-order chi connectivity index (χ1) is 7.56. The molecule has 2 N–H and O–H groups in total. The summed E-state index contributed by atoms with van der Waals surface area (Å²) in [7, 11) is 0. The Morgan fingerprint density at radius 2 is 1.75 bits per heavy atom. The van der Waals surface area contributed by atoms with Crippen molar-refractivity contribution in [2.24, 2.45) is 0 Å². The van der Waals surface area contributed by atoms with Gasteiger partial charge >= 0.3 is 5.97 Å². The molecule has 5 heteroatoms. The fourth-order valence-corrected chi connectivity index (χ4v) is 1.71. The van der Waals surface area contributed by atoms with E-state index >= 15 is 0 Å². The maximum Gasteiger partial charge on any atom is 0.303 e. The number of aliphatic carboxylic acids is 1. The lowest BCUT2D eigenvalue weighted by atomic mass is 10.1. The van der Waals surface area contributed by atoms with Crippen LogP contribution in [0.15, 0.2) is 0 Å². The Kier molecular flexibility index (Phi) is 7.54. The second-order valence-corrected chi connectivity index (χ2v) is 3.67. The van der Waals surface area contributed by atoms with E-state index in [0.717, 1.165) is 12.8 Å². The van der Waals surface area contributed by atoms with Crippen molar-refractivity contribution >= 4 is 11.9 Å². The number of hydrogen-bond acceptors (Lipinski definition) is 3. The zero-order valence-corrected chi connectivity index (χ0v) is 9.98. The normalized spacial score (nSPS) is 10.5. The molecule has 0 aromatic carbocycles. The van der Waals surface area contributed by atoms with Crippen LogP contribution in [0.3, 0.4) is 0 Å². The number of carbonyl (C=O) groups is 2. The predicted octanol–water partition coefficient (Wildman–Crippen LogP) is 0.861. The number of amides is 1. The number of nitrogens with zero attached hydrogens (tertiary/aromatic N) is 1. The molecule has 1 amide bonds. The third-order valence-corrected chi connectivity index (χ3v) is 2.60. The summed E-state index contributed by atoms with van der Waals surface area (Å²) in [4.78, 5) is 23.7. The molecule has 0 saturated carbocycles. The van der Waals surface area contributed by atoms with Crippen LogP contribution in [-0.2, 0) is 9.59 Å². The van der Waals surface area contributed by atoms with Crippen LogP contribution in [0.25, 0.3) is 0 Å². The van der Waals surface area contributed by atoms with Crippen LogP contribution < -0.4 is 0 Å². The third-order valence-electron chi connectivity index (χ3n) is 2.60. The summed E-state index contributed by atoms with van der Waals surface area (Å²) < 4.78 is 0. The molecule has 0 spiro atoms. The van der Waals surface area contributed by atoms with Gasteiger partial charge in [0.1, 0.15) is 0 Å². The molecule has 0 aliphatic carbocycles. The van der Waals surface area contributed by atoms with E-state index in [2.05, 4.69) is 0 Å². The highest BCUT2D eigenvalue weighted by molar-refractivity contribution is 5.80. The molecule has 0 saturated heterocycles. The Labute approximate surface area is 96.1 Å². The quantitative estimate of drug-likeness (QED) is 0.649. The molecule has 0 aromatic heterocycles. The highest BCUT2D eigenvalue weighted by Gasteiger charge is 2.20. The minimum Gasteiger partial charge on any atom is -0.481 e. The molecule has 16 heavy (non-hydrogen) atoms. The van der Waals surface area contributed by atoms with Gasteiger partial charge in [-0.15, -0.1) is 0 Å². The number of carboxylic acid groups (broad SMARTS) is 1. The summed E-state index contributed by atoms with van der Waals surface area (Å²) in [5, 5.41) is 17.4. The Balaban J connectivity index is 4.38. The number of carboxylic acids is 1. The van der Waals surface area contributed by atoms with E-state index in [-0.39, 0.29) is 37.9 Å². The van der Waals surface area contributed by atoms with Crippen LogP contribution in [0, 0.1) is 0 Å². The van der Waals surface area contributed by atoms with Gasteiger partial charge in [0.05, 0.1) is 13.0 Å². The van der Waals surface area contributed by atoms with Crippen molar-refractivity contribution in [3.8, 4) is 0 Å². The van der Waals surface area contributed by atoms with E-state index in [1.54, 1.807) is 4.90 Å². The van der Waals surface area contributed by atoms with E-state index in [4.69, 9.17) is 10.2 Å². The molecule has 5 nitrogen and oxygen atoms in total. The number of aliphatic hydroxyl groups is 1. The average Bonchev–Trinajstić information content (AvgIpc) is 2.26. The van der Waals surface area contributed by atoms with Gasteiger partial charge in [-0.25, -0.2) is 0 Å². The van der Waals surface area contributed by atoms with Crippen molar-refractivity contribution < 1.29 is 19.8 Å². The van der Waals surface area contributed by atoms with E-state index in [1.807, 2.05) is 13.8 Å². The van der Waals surface area contributed by atoms with Crippen LogP contribution in [0.4, 0.5) is 0 Å². The van der Waals surface area contributed by atoms with Gasteiger partial charge < -0.3 is 15.1 Å². The maximum absolute atomic E-state index is 11.7. The first-order valence-electron chi connectivity index (χ1n) is 5.68. The van der Waals surface area contributed by atoms with Gasteiger partial charge in [-0.2, -0.15) is 0 Å². The van der Waals surface area contributed by atoms with Crippen LogP contribution in [0.5, 0.6) is 0 Å². The minimum atomic E-state index is -0.971. The molecule has 0 aliphatic rings. The van der Waals surface area contributed by atoms with Crippen molar-refractivity contribution in [3.63, 3.8) is 0 Å². The van der Waals surface area contributed by atoms with E-state index in [0.29, 0.717) is 0 Å². The van der Waals surface area contributed by atoms with Gasteiger partial charge in [0.2, 0.25) is 5.91 Å². The molecule has 94 valence electrons. The van der Waals surface area contributed by atoms with Crippen molar-refractivity contribution in [2.75, 3.05) is 13.2 Å². The van der Waals surface area contributed by atoms with Gasteiger partial charge in [0.15, 0.2) is 0 Å². The summed E-state index contributed by atoms with van der Waals surface area (Å²) in [6.45, 7) is 4.14. The second kappa shape index (κ2) is 8.10. The number of hydrogen-bond donors (Lipinski definition) is 2. The van der Waals surface area contributed by atoms with Gasteiger partial charge in [0.25, 0.3) is 0 Å². The monoisotopic (exact) mass is 231 g/mol. The van der Waals surface area contributed by atoms with Crippen molar-refractivity contribution in [1.82, 2.24) is 4.90 Å². The Morgan fingerprint density at radius 1 is 1.19 bits per heavy atom. The van der Waals surface area contributed by atoms with E-state index < -0.39 is 5.97 Å². The number of rotatable bonds is 8. The molecule has 0 bridgehead atoms. The molecular weight excluding hydrogens is 210 g/mol. The van der Waals surface area contributed by atoms with Crippen LogP contribution in [0.2, 0.25) is 0 Å². The Hall–Kier alpha value is -1.10. The fraction of sp³-hybridized carbons (Fsp3) is 0.818. The Morgan fingerprint density at radius 3 is 2.12 bits per heavy atom. The molecule has 0 unspecified atom stereocenters. The molecule has 0 aliphatic heterocycles. The lowest BCUT2D eigenvalue weighted by Gasteiger charge is -2.30.